The van der Waals surface area contributed by atoms with Crippen molar-refractivity contribution in [2.45, 2.75) is 18.9 Å². The zero-order valence-electron chi connectivity index (χ0n) is 13.0. The first kappa shape index (κ1) is 16.7. The largest absolute Gasteiger partial charge is 0.508 e. The molecule has 1 aromatic heterocycles. The Morgan fingerprint density at radius 1 is 1.38 bits per heavy atom. The molecule has 0 unspecified atom stereocenters. The quantitative estimate of drug-likeness (QED) is 0.711. The van der Waals surface area contributed by atoms with Gasteiger partial charge in [-0.25, -0.2) is 0 Å². The fraction of sp³-hybridized carbons (Fsp3) is 0.438. The van der Waals surface area contributed by atoms with Crippen molar-refractivity contribution in [3.63, 3.8) is 0 Å². The Morgan fingerprint density at radius 2 is 2.08 bits per heavy atom. The molecular weight excluding hydrogens is 330 g/mol. The molecule has 0 radical (unpaired) electrons. The van der Waals surface area contributed by atoms with Crippen molar-refractivity contribution in [1.29, 1.82) is 0 Å². The molecular formula is C16H19N3O4S. The first-order chi connectivity index (χ1) is 11.6. The number of amides is 1. The molecule has 128 valence electrons. The lowest BCUT2D eigenvalue weighted by Gasteiger charge is -2.44. The van der Waals surface area contributed by atoms with Crippen molar-refractivity contribution in [2.75, 3.05) is 19.6 Å². The highest BCUT2D eigenvalue weighted by molar-refractivity contribution is 7.13. The molecule has 3 saturated heterocycles. The summed E-state index contributed by atoms with van der Waals surface area (Å²) < 4.78 is 5.19. The molecule has 7 nitrogen and oxygen atoms in total. The molecule has 3 aliphatic heterocycles. The van der Waals surface area contributed by atoms with Gasteiger partial charge < -0.3 is 20.4 Å². The minimum atomic E-state index is -0.250. The number of phenols is 1. The summed E-state index contributed by atoms with van der Waals surface area (Å²) in [5, 5.41) is 20.4. The number of carbonyl (C=O) groups is 2. The zero-order valence-corrected chi connectivity index (χ0v) is 13.8. The van der Waals surface area contributed by atoms with E-state index in [0.29, 0.717) is 11.6 Å². The van der Waals surface area contributed by atoms with Gasteiger partial charge >= 0.3 is 0 Å². The lowest BCUT2D eigenvalue weighted by Crippen LogP contribution is -2.57. The van der Waals surface area contributed by atoms with E-state index in [-0.39, 0.29) is 24.2 Å². The van der Waals surface area contributed by atoms with Crippen LogP contribution in [0.15, 0.2) is 18.2 Å². The average Bonchev–Trinajstić information content (AvgIpc) is 3.00. The van der Waals surface area contributed by atoms with E-state index < -0.39 is 0 Å². The predicted molar refractivity (Wildman–Crippen MR) is 90.4 cm³/mol. The molecule has 3 N–H and O–H groups in total. The molecule has 1 aromatic carbocycles. The number of nitrogens with zero attached hydrogens (tertiary/aromatic N) is 2. The molecule has 8 heteroatoms. The summed E-state index contributed by atoms with van der Waals surface area (Å²) in [4.78, 5) is 23.3. The minimum Gasteiger partial charge on any atom is -0.508 e. The summed E-state index contributed by atoms with van der Waals surface area (Å²) in [6, 6.07) is 5.27. The van der Waals surface area contributed by atoms with Crippen molar-refractivity contribution in [3.05, 3.63) is 23.9 Å². The van der Waals surface area contributed by atoms with Crippen LogP contribution in [0.5, 0.6) is 5.75 Å². The topological polar surface area (TPSA) is 103 Å². The molecule has 1 amide bonds. The third-order valence-corrected chi connectivity index (χ3v) is 5.47. The highest BCUT2D eigenvalue weighted by Gasteiger charge is 2.35. The Hall–Kier alpha value is -2.19. The van der Waals surface area contributed by atoms with Crippen molar-refractivity contribution in [2.24, 2.45) is 5.92 Å². The van der Waals surface area contributed by atoms with Crippen LogP contribution < -0.4 is 5.32 Å². The molecule has 3 aliphatic rings. The van der Waals surface area contributed by atoms with Gasteiger partial charge in [0.05, 0.1) is 4.70 Å². The predicted octanol–water partition coefficient (Wildman–Crippen LogP) is 1.53. The average molecular weight is 349 g/mol. The number of rotatable bonds is 2. The molecule has 2 aromatic rings. The van der Waals surface area contributed by atoms with Crippen LogP contribution in [0.3, 0.4) is 0 Å². The van der Waals surface area contributed by atoms with Crippen molar-refractivity contribution in [3.8, 4) is 5.75 Å². The summed E-state index contributed by atoms with van der Waals surface area (Å²) in [5.41, 5.74) is 0.433. The van der Waals surface area contributed by atoms with E-state index in [9.17, 15) is 9.90 Å². The van der Waals surface area contributed by atoms with Crippen LogP contribution in [0.1, 0.15) is 23.3 Å². The standard InChI is InChI=1S/C15H17N3O2S.CH2O2/c19-10-1-2-13-11(7-10)14(17-21-13)15(20)16-12-8-18-5-3-9(12)4-6-18;2-1-3/h1-2,7,9,12,19H,3-6,8H2,(H,16,20);1H,(H,2,3)/t12-;/m1./s1. The van der Waals surface area contributed by atoms with E-state index in [4.69, 9.17) is 9.90 Å². The van der Waals surface area contributed by atoms with Gasteiger partial charge in [-0.3, -0.25) is 9.59 Å². The summed E-state index contributed by atoms with van der Waals surface area (Å²) >= 11 is 1.30. The number of benzene rings is 1. The van der Waals surface area contributed by atoms with Crippen LogP contribution in [0.25, 0.3) is 10.1 Å². The van der Waals surface area contributed by atoms with E-state index in [1.807, 2.05) is 0 Å². The number of carboxylic acid groups (broad SMARTS) is 1. The summed E-state index contributed by atoms with van der Waals surface area (Å²) in [6.45, 7) is 3.01. The number of aromatic nitrogens is 1. The van der Waals surface area contributed by atoms with Crippen molar-refractivity contribution < 1.29 is 19.8 Å². The number of carbonyl (C=O) groups excluding carboxylic acids is 1. The number of nitrogens with one attached hydrogen (secondary N) is 1. The van der Waals surface area contributed by atoms with Crippen LogP contribution in [0, 0.1) is 5.92 Å². The normalized spacial score (nSPS) is 24.9. The number of hydrogen-bond donors (Lipinski definition) is 3. The van der Waals surface area contributed by atoms with Crippen LogP contribution in [-0.4, -0.2) is 57.5 Å². The molecule has 0 spiro atoms. The second kappa shape index (κ2) is 7.14. The Balaban J connectivity index is 0.000000526. The van der Waals surface area contributed by atoms with Crippen LogP contribution in [0.4, 0.5) is 0 Å². The van der Waals surface area contributed by atoms with E-state index in [2.05, 4.69) is 14.6 Å². The van der Waals surface area contributed by atoms with Gasteiger partial charge in [-0.15, -0.1) is 0 Å². The SMILES string of the molecule is O=C(N[C@@H]1CN2CCC1CC2)c1nsc2ccc(O)cc12.O=CO. The molecule has 1 atom stereocenters. The van der Waals surface area contributed by atoms with Crippen LogP contribution >= 0.6 is 11.5 Å². The van der Waals surface area contributed by atoms with Gasteiger partial charge in [0.1, 0.15) is 11.4 Å². The monoisotopic (exact) mass is 349 g/mol. The smallest absolute Gasteiger partial charge is 0.290 e. The minimum absolute atomic E-state index is 0.120. The molecule has 0 saturated carbocycles. The second-order valence-electron chi connectivity index (χ2n) is 6.04. The molecule has 3 fully saturated rings. The van der Waals surface area contributed by atoms with E-state index in [0.717, 1.165) is 29.7 Å². The van der Waals surface area contributed by atoms with Gasteiger partial charge in [-0.2, -0.15) is 4.37 Å². The maximum atomic E-state index is 12.5. The first-order valence-corrected chi connectivity index (χ1v) is 8.59. The highest BCUT2D eigenvalue weighted by Crippen LogP contribution is 2.29. The maximum absolute atomic E-state index is 12.5. The molecule has 4 heterocycles. The molecule has 24 heavy (non-hydrogen) atoms. The fourth-order valence-corrected chi connectivity index (χ4v) is 4.21. The summed E-state index contributed by atoms with van der Waals surface area (Å²) in [6.07, 6.45) is 2.34. The number of fused-ring (bicyclic) bond motifs is 4. The Morgan fingerprint density at radius 3 is 2.71 bits per heavy atom. The first-order valence-electron chi connectivity index (χ1n) is 7.82. The fourth-order valence-electron chi connectivity index (χ4n) is 3.46. The van der Waals surface area contributed by atoms with Gasteiger partial charge in [-0.05, 0) is 61.6 Å². The molecule has 0 aliphatic carbocycles. The molecule has 2 bridgehead atoms. The number of piperidine rings is 3. The Labute approximate surface area is 143 Å². The maximum Gasteiger partial charge on any atom is 0.290 e. The lowest BCUT2D eigenvalue weighted by molar-refractivity contribution is -0.122. The number of hydrogen-bond acceptors (Lipinski definition) is 6. The van der Waals surface area contributed by atoms with Gasteiger partial charge in [0.15, 0.2) is 0 Å². The highest BCUT2D eigenvalue weighted by atomic mass is 32.1. The number of aromatic hydroxyl groups is 1. The Bertz CT molecular complexity index is 740. The van der Waals surface area contributed by atoms with Crippen molar-refractivity contribution >= 4 is 34.0 Å². The summed E-state index contributed by atoms with van der Waals surface area (Å²) in [5.74, 6) is 0.641. The molecule has 5 rings (SSSR count). The van der Waals surface area contributed by atoms with Gasteiger partial charge in [0.2, 0.25) is 0 Å². The number of phenolic OH excluding ortho intramolecular Hbond substituents is 1. The van der Waals surface area contributed by atoms with Crippen LogP contribution in [-0.2, 0) is 4.79 Å². The van der Waals surface area contributed by atoms with E-state index in [1.165, 1.54) is 24.4 Å². The van der Waals surface area contributed by atoms with Gasteiger partial charge in [-0.1, -0.05) is 0 Å². The van der Waals surface area contributed by atoms with Gasteiger partial charge in [0.25, 0.3) is 12.4 Å². The second-order valence-corrected chi connectivity index (χ2v) is 6.84. The summed E-state index contributed by atoms with van der Waals surface area (Å²) in [7, 11) is 0. The van der Waals surface area contributed by atoms with Gasteiger partial charge in [0, 0.05) is 18.0 Å². The van der Waals surface area contributed by atoms with E-state index in [1.54, 1.807) is 18.2 Å². The Kier molecular flexibility index (Phi) is 4.96. The zero-order chi connectivity index (χ0) is 17.1. The van der Waals surface area contributed by atoms with Crippen molar-refractivity contribution in [1.82, 2.24) is 14.6 Å². The lowest BCUT2D eigenvalue weighted by atomic mass is 9.84. The third kappa shape index (κ3) is 3.34. The van der Waals surface area contributed by atoms with Crippen LogP contribution in [0.2, 0.25) is 0 Å². The van der Waals surface area contributed by atoms with E-state index >= 15 is 0 Å². The third-order valence-electron chi connectivity index (χ3n) is 4.64.